The highest BCUT2D eigenvalue weighted by molar-refractivity contribution is 4.81. The van der Waals surface area contributed by atoms with E-state index in [0.29, 0.717) is 10.8 Å². The van der Waals surface area contributed by atoms with Crippen LogP contribution in [-0.2, 0) is 0 Å². The molecule has 0 atom stereocenters. The van der Waals surface area contributed by atoms with Crippen LogP contribution in [-0.4, -0.2) is 13.1 Å². The first kappa shape index (κ1) is 11.0. The summed E-state index contributed by atoms with van der Waals surface area (Å²) in [5.41, 5.74) is 1.13. The van der Waals surface area contributed by atoms with Crippen LogP contribution in [0.2, 0.25) is 0 Å². The molecule has 1 heterocycles. The number of rotatable bonds is 2. The van der Waals surface area contributed by atoms with Gasteiger partial charge in [0, 0.05) is 0 Å². The summed E-state index contributed by atoms with van der Waals surface area (Å²) in [6, 6.07) is 0. The Kier molecular flexibility index (Phi) is 3.39. The molecule has 1 nitrogen and oxygen atoms in total. The van der Waals surface area contributed by atoms with Crippen molar-refractivity contribution in [1.29, 1.82) is 0 Å². The topological polar surface area (TPSA) is 12.0 Å². The summed E-state index contributed by atoms with van der Waals surface area (Å²) in [6.45, 7) is 11.9. The average Bonchev–Trinajstić information content (AvgIpc) is 2.02. The van der Waals surface area contributed by atoms with Gasteiger partial charge in [-0.3, -0.25) is 0 Å². The Morgan fingerprint density at radius 3 is 2.15 bits per heavy atom. The Bertz CT molecular complexity index is 149. The van der Waals surface area contributed by atoms with Crippen molar-refractivity contribution in [2.75, 3.05) is 13.1 Å². The molecule has 1 aliphatic rings. The fraction of sp³-hybridized carbons (Fsp3) is 1.00. The molecule has 0 amide bonds. The zero-order valence-corrected chi connectivity index (χ0v) is 9.74. The molecule has 1 heteroatoms. The molecule has 0 aromatic carbocycles. The van der Waals surface area contributed by atoms with E-state index in [1.807, 2.05) is 0 Å². The lowest BCUT2D eigenvalue weighted by molar-refractivity contribution is 0.178. The van der Waals surface area contributed by atoms with Gasteiger partial charge in [-0.25, -0.2) is 0 Å². The summed E-state index contributed by atoms with van der Waals surface area (Å²) in [5, 5.41) is 3.44. The van der Waals surface area contributed by atoms with E-state index < -0.39 is 0 Å². The molecule has 13 heavy (non-hydrogen) atoms. The summed E-state index contributed by atoms with van der Waals surface area (Å²) in [4.78, 5) is 0. The van der Waals surface area contributed by atoms with E-state index in [4.69, 9.17) is 0 Å². The predicted octanol–water partition coefficient (Wildman–Crippen LogP) is 3.20. The molecule has 0 bridgehead atoms. The third-order valence-corrected chi connectivity index (χ3v) is 3.29. The van der Waals surface area contributed by atoms with E-state index in [0.717, 1.165) is 0 Å². The van der Waals surface area contributed by atoms with Gasteiger partial charge in [-0.2, -0.15) is 0 Å². The quantitative estimate of drug-likeness (QED) is 0.693. The standard InChI is InChI=1S/C12H25N/c1-11(2,3)5-6-12(4)7-9-13-10-8-12/h13H,5-10H2,1-4H3. The lowest BCUT2D eigenvalue weighted by atomic mass is 9.73. The molecule has 1 N–H and O–H groups in total. The van der Waals surface area contributed by atoms with E-state index in [1.165, 1.54) is 38.8 Å². The van der Waals surface area contributed by atoms with Crippen molar-refractivity contribution in [3.63, 3.8) is 0 Å². The second-order valence-corrected chi connectivity index (χ2v) is 6.12. The number of nitrogens with one attached hydrogen (secondary N) is 1. The van der Waals surface area contributed by atoms with Gasteiger partial charge >= 0.3 is 0 Å². The Morgan fingerprint density at radius 1 is 1.15 bits per heavy atom. The molecule has 0 radical (unpaired) electrons. The van der Waals surface area contributed by atoms with Crippen LogP contribution in [0.1, 0.15) is 53.4 Å². The molecular weight excluding hydrogens is 158 g/mol. The largest absolute Gasteiger partial charge is 0.317 e. The maximum Gasteiger partial charge on any atom is -0.00437 e. The van der Waals surface area contributed by atoms with E-state index in [1.54, 1.807) is 0 Å². The van der Waals surface area contributed by atoms with Gasteiger partial charge in [-0.1, -0.05) is 27.7 Å². The molecule has 1 rings (SSSR count). The molecule has 0 aliphatic carbocycles. The van der Waals surface area contributed by atoms with Crippen LogP contribution >= 0.6 is 0 Å². The van der Waals surface area contributed by atoms with Gasteiger partial charge < -0.3 is 5.32 Å². The average molecular weight is 183 g/mol. The minimum Gasteiger partial charge on any atom is -0.317 e. The van der Waals surface area contributed by atoms with Gasteiger partial charge in [0.25, 0.3) is 0 Å². The van der Waals surface area contributed by atoms with Crippen molar-refractivity contribution >= 4 is 0 Å². The van der Waals surface area contributed by atoms with Crippen molar-refractivity contribution in [3.05, 3.63) is 0 Å². The predicted molar refractivity (Wildman–Crippen MR) is 58.9 cm³/mol. The SMILES string of the molecule is CC(C)(C)CCC1(C)CCNCC1. The molecule has 0 saturated carbocycles. The summed E-state index contributed by atoms with van der Waals surface area (Å²) >= 11 is 0. The number of piperidine rings is 1. The smallest absolute Gasteiger partial charge is 0.00437 e. The molecular formula is C12H25N. The fourth-order valence-corrected chi connectivity index (χ4v) is 1.96. The minimum atomic E-state index is 0.508. The highest BCUT2D eigenvalue weighted by Gasteiger charge is 2.27. The summed E-state index contributed by atoms with van der Waals surface area (Å²) in [6.07, 6.45) is 5.49. The van der Waals surface area contributed by atoms with Crippen LogP contribution in [0.5, 0.6) is 0 Å². The van der Waals surface area contributed by atoms with Crippen molar-refractivity contribution in [1.82, 2.24) is 5.32 Å². The lowest BCUT2D eigenvalue weighted by Gasteiger charge is -2.36. The molecule has 0 spiro atoms. The lowest BCUT2D eigenvalue weighted by Crippen LogP contribution is -2.35. The van der Waals surface area contributed by atoms with Gasteiger partial charge in [0.05, 0.1) is 0 Å². The van der Waals surface area contributed by atoms with Gasteiger partial charge in [0.15, 0.2) is 0 Å². The highest BCUT2D eigenvalue weighted by Crippen LogP contribution is 2.36. The van der Waals surface area contributed by atoms with Crippen LogP contribution < -0.4 is 5.32 Å². The van der Waals surface area contributed by atoms with Crippen molar-refractivity contribution in [2.45, 2.75) is 53.4 Å². The normalized spacial score (nSPS) is 23.1. The van der Waals surface area contributed by atoms with E-state index >= 15 is 0 Å². The Hall–Kier alpha value is -0.0400. The Morgan fingerprint density at radius 2 is 1.69 bits per heavy atom. The number of hydrogen-bond donors (Lipinski definition) is 1. The minimum absolute atomic E-state index is 0.508. The van der Waals surface area contributed by atoms with E-state index in [-0.39, 0.29) is 0 Å². The first-order valence-corrected chi connectivity index (χ1v) is 5.62. The van der Waals surface area contributed by atoms with Gasteiger partial charge in [-0.05, 0) is 49.6 Å². The van der Waals surface area contributed by atoms with Gasteiger partial charge in [-0.15, -0.1) is 0 Å². The third kappa shape index (κ3) is 4.12. The molecule has 78 valence electrons. The zero-order valence-electron chi connectivity index (χ0n) is 9.74. The van der Waals surface area contributed by atoms with Crippen LogP contribution in [0.4, 0.5) is 0 Å². The maximum atomic E-state index is 3.44. The third-order valence-electron chi connectivity index (χ3n) is 3.29. The van der Waals surface area contributed by atoms with E-state index in [9.17, 15) is 0 Å². The fourth-order valence-electron chi connectivity index (χ4n) is 1.96. The number of hydrogen-bond acceptors (Lipinski definition) is 1. The molecule has 1 fully saturated rings. The van der Waals surface area contributed by atoms with Gasteiger partial charge in [0.2, 0.25) is 0 Å². The first-order valence-electron chi connectivity index (χ1n) is 5.62. The molecule has 1 saturated heterocycles. The van der Waals surface area contributed by atoms with Crippen LogP contribution in [0.25, 0.3) is 0 Å². The Labute approximate surface area is 83.3 Å². The van der Waals surface area contributed by atoms with Gasteiger partial charge in [0.1, 0.15) is 0 Å². The molecule has 0 aromatic heterocycles. The van der Waals surface area contributed by atoms with Crippen molar-refractivity contribution < 1.29 is 0 Å². The van der Waals surface area contributed by atoms with Crippen LogP contribution in [0.3, 0.4) is 0 Å². The summed E-state index contributed by atoms with van der Waals surface area (Å²) in [5.74, 6) is 0. The first-order chi connectivity index (χ1) is 5.91. The van der Waals surface area contributed by atoms with Crippen molar-refractivity contribution in [3.8, 4) is 0 Å². The van der Waals surface area contributed by atoms with Crippen LogP contribution in [0.15, 0.2) is 0 Å². The van der Waals surface area contributed by atoms with E-state index in [2.05, 4.69) is 33.0 Å². The summed E-state index contributed by atoms with van der Waals surface area (Å²) in [7, 11) is 0. The highest BCUT2D eigenvalue weighted by atomic mass is 14.9. The second kappa shape index (κ2) is 4.00. The Balaban J connectivity index is 2.33. The zero-order chi connectivity index (χ0) is 9.95. The second-order valence-electron chi connectivity index (χ2n) is 6.12. The summed E-state index contributed by atoms with van der Waals surface area (Å²) < 4.78 is 0. The molecule has 0 aromatic rings. The molecule has 0 unspecified atom stereocenters. The monoisotopic (exact) mass is 183 g/mol. The van der Waals surface area contributed by atoms with Crippen molar-refractivity contribution in [2.24, 2.45) is 10.8 Å². The van der Waals surface area contributed by atoms with Crippen LogP contribution in [0, 0.1) is 10.8 Å². The maximum absolute atomic E-state index is 3.44. The molecule has 1 aliphatic heterocycles.